The zero-order valence-corrected chi connectivity index (χ0v) is 13.4. The van der Waals surface area contributed by atoms with Gasteiger partial charge in [0.05, 0.1) is 15.3 Å². The van der Waals surface area contributed by atoms with Crippen molar-refractivity contribution in [3.05, 3.63) is 51.5 Å². The summed E-state index contributed by atoms with van der Waals surface area (Å²) in [5, 5.41) is 1.52. The monoisotopic (exact) mass is 382 g/mol. The van der Waals surface area contributed by atoms with Gasteiger partial charge in [0.15, 0.2) is 0 Å². The summed E-state index contributed by atoms with van der Waals surface area (Å²) in [7, 11) is -4.61. The van der Waals surface area contributed by atoms with Crippen LogP contribution in [0.25, 0.3) is 0 Å². The van der Waals surface area contributed by atoms with Gasteiger partial charge in [-0.25, -0.2) is 17.5 Å². The summed E-state index contributed by atoms with van der Waals surface area (Å²) in [5.41, 5.74) is 4.05. The Labute approximate surface area is 138 Å². The Hall–Kier alpha value is -1.98. The number of carbonyl (C=O) groups is 1. The summed E-state index contributed by atoms with van der Waals surface area (Å²) >= 11 is 0.931. The first-order chi connectivity index (χ1) is 11.1. The molecule has 0 fully saturated rings. The Morgan fingerprint density at radius 1 is 1.25 bits per heavy atom. The highest BCUT2D eigenvalue weighted by Crippen LogP contribution is 2.32. The molecule has 0 atom stereocenters. The molecule has 1 amide bonds. The molecule has 24 heavy (non-hydrogen) atoms. The number of nitrogens with one attached hydrogen (secondary N) is 1. The number of rotatable bonds is 4. The average Bonchev–Trinajstić information content (AvgIpc) is 2.94. The third-order valence-corrected chi connectivity index (χ3v) is 5.24. The lowest BCUT2D eigenvalue weighted by molar-refractivity contribution is -0.140. The van der Waals surface area contributed by atoms with Crippen LogP contribution in [0.3, 0.4) is 0 Å². The fourth-order valence-corrected chi connectivity index (χ4v) is 3.69. The second-order valence-corrected chi connectivity index (χ2v) is 7.15. The number of nitrogens with two attached hydrogens (primary N) is 1. The third-order valence-electron chi connectivity index (χ3n) is 2.95. The standard InChI is InChI=1S/C13H10F4N2O3S2/c14-10-2-1-8(5-9(10)13(15,16)17)24(21,22)19-12(20)11-7(6-18)3-4-23-11/h1-5H,6,18H2,(H,19,20). The molecule has 0 unspecified atom stereocenters. The van der Waals surface area contributed by atoms with Crippen molar-refractivity contribution in [3.63, 3.8) is 0 Å². The minimum absolute atomic E-state index is 0.0128. The number of halogens is 4. The van der Waals surface area contributed by atoms with Gasteiger partial charge in [-0.05, 0) is 35.2 Å². The van der Waals surface area contributed by atoms with Crippen LogP contribution in [0.2, 0.25) is 0 Å². The van der Waals surface area contributed by atoms with E-state index in [1.165, 1.54) is 11.4 Å². The lowest BCUT2D eigenvalue weighted by Gasteiger charge is -2.11. The summed E-state index contributed by atoms with van der Waals surface area (Å²) < 4.78 is 77.0. The number of carbonyl (C=O) groups excluding carboxylic acids is 1. The van der Waals surface area contributed by atoms with Gasteiger partial charge >= 0.3 is 6.18 Å². The molecular weight excluding hydrogens is 372 g/mol. The number of sulfonamides is 1. The Balaban J connectivity index is 2.36. The van der Waals surface area contributed by atoms with Crippen LogP contribution in [0.5, 0.6) is 0 Å². The lowest BCUT2D eigenvalue weighted by Crippen LogP contribution is -2.31. The molecule has 11 heteroatoms. The first-order valence-corrected chi connectivity index (χ1v) is 8.63. The molecule has 0 spiro atoms. The molecule has 2 rings (SSSR count). The summed E-state index contributed by atoms with van der Waals surface area (Å²) in [6.45, 7) is -0.0128. The van der Waals surface area contributed by atoms with E-state index >= 15 is 0 Å². The van der Waals surface area contributed by atoms with Gasteiger partial charge in [0.2, 0.25) is 0 Å². The molecule has 130 valence electrons. The van der Waals surface area contributed by atoms with Gasteiger partial charge in [0.1, 0.15) is 5.82 Å². The predicted octanol–water partition coefficient (Wildman–Crippen LogP) is 2.48. The van der Waals surface area contributed by atoms with Gasteiger partial charge in [0.25, 0.3) is 15.9 Å². The number of alkyl halides is 3. The van der Waals surface area contributed by atoms with E-state index in [0.29, 0.717) is 17.7 Å². The van der Waals surface area contributed by atoms with E-state index in [1.807, 2.05) is 0 Å². The molecule has 0 bridgehead atoms. The van der Waals surface area contributed by atoms with E-state index in [1.54, 1.807) is 4.72 Å². The lowest BCUT2D eigenvalue weighted by atomic mass is 10.2. The topological polar surface area (TPSA) is 89.3 Å². The number of amides is 1. The van der Waals surface area contributed by atoms with E-state index < -0.39 is 38.4 Å². The molecular formula is C13H10F4N2O3S2. The van der Waals surface area contributed by atoms with Crippen molar-refractivity contribution in [2.75, 3.05) is 0 Å². The first-order valence-electron chi connectivity index (χ1n) is 6.26. The summed E-state index contributed by atoms with van der Waals surface area (Å²) in [4.78, 5) is 11.1. The minimum atomic E-state index is -5.07. The van der Waals surface area contributed by atoms with Crippen LogP contribution in [0, 0.1) is 5.82 Å². The highest BCUT2D eigenvalue weighted by atomic mass is 32.2. The highest BCUT2D eigenvalue weighted by molar-refractivity contribution is 7.90. The molecule has 0 aliphatic rings. The second-order valence-electron chi connectivity index (χ2n) is 4.55. The molecule has 1 heterocycles. The highest BCUT2D eigenvalue weighted by Gasteiger charge is 2.35. The van der Waals surface area contributed by atoms with E-state index in [2.05, 4.69) is 0 Å². The molecule has 0 saturated heterocycles. The first kappa shape index (κ1) is 18.4. The maximum absolute atomic E-state index is 13.2. The molecule has 0 radical (unpaired) electrons. The van der Waals surface area contributed by atoms with Gasteiger partial charge < -0.3 is 5.73 Å². The van der Waals surface area contributed by atoms with Crippen LogP contribution in [0.15, 0.2) is 34.5 Å². The van der Waals surface area contributed by atoms with Crippen LogP contribution in [0.1, 0.15) is 20.8 Å². The van der Waals surface area contributed by atoms with E-state index in [9.17, 15) is 30.8 Å². The largest absolute Gasteiger partial charge is 0.419 e. The van der Waals surface area contributed by atoms with Crippen LogP contribution >= 0.6 is 11.3 Å². The van der Waals surface area contributed by atoms with Crippen molar-refractivity contribution in [2.24, 2.45) is 5.73 Å². The van der Waals surface area contributed by atoms with Crippen molar-refractivity contribution < 1.29 is 30.8 Å². The van der Waals surface area contributed by atoms with Gasteiger partial charge in [-0.3, -0.25) is 4.79 Å². The molecule has 0 saturated carbocycles. The van der Waals surface area contributed by atoms with E-state index in [0.717, 1.165) is 11.3 Å². The normalized spacial score (nSPS) is 12.2. The van der Waals surface area contributed by atoms with Crippen LogP contribution < -0.4 is 10.5 Å². The number of thiophene rings is 1. The zero-order valence-electron chi connectivity index (χ0n) is 11.7. The summed E-state index contributed by atoms with van der Waals surface area (Å²) in [6, 6.07) is 2.66. The predicted molar refractivity (Wildman–Crippen MR) is 78.3 cm³/mol. The number of hydrogen-bond donors (Lipinski definition) is 2. The molecule has 3 N–H and O–H groups in total. The molecule has 0 aliphatic carbocycles. The smallest absolute Gasteiger partial charge is 0.326 e. The zero-order chi connectivity index (χ0) is 18.1. The van der Waals surface area contributed by atoms with E-state index in [4.69, 9.17) is 5.73 Å². The van der Waals surface area contributed by atoms with Crippen molar-refractivity contribution >= 4 is 27.3 Å². The molecule has 1 aromatic heterocycles. The molecule has 1 aromatic carbocycles. The maximum Gasteiger partial charge on any atom is 0.419 e. The third kappa shape index (κ3) is 3.74. The Kier molecular flexibility index (Phi) is 4.97. The maximum atomic E-state index is 13.2. The summed E-state index contributed by atoms with van der Waals surface area (Å²) in [5.74, 6) is -2.64. The quantitative estimate of drug-likeness (QED) is 0.795. The molecule has 0 aliphatic heterocycles. The fourth-order valence-electron chi connectivity index (χ4n) is 1.81. The van der Waals surface area contributed by atoms with Crippen molar-refractivity contribution in [2.45, 2.75) is 17.6 Å². The number of hydrogen-bond acceptors (Lipinski definition) is 5. The van der Waals surface area contributed by atoms with Gasteiger partial charge in [0, 0.05) is 6.54 Å². The summed E-state index contributed by atoms with van der Waals surface area (Å²) in [6.07, 6.45) is -5.07. The second kappa shape index (κ2) is 6.49. The van der Waals surface area contributed by atoms with E-state index in [-0.39, 0.29) is 17.5 Å². The Bertz CT molecular complexity index is 876. The Morgan fingerprint density at radius 3 is 2.50 bits per heavy atom. The van der Waals surface area contributed by atoms with Crippen LogP contribution in [-0.2, 0) is 22.7 Å². The van der Waals surface area contributed by atoms with Gasteiger partial charge in [-0.1, -0.05) is 0 Å². The minimum Gasteiger partial charge on any atom is -0.326 e. The van der Waals surface area contributed by atoms with Crippen molar-refractivity contribution in [3.8, 4) is 0 Å². The Morgan fingerprint density at radius 2 is 1.92 bits per heavy atom. The van der Waals surface area contributed by atoms with Crippen LogP contribution in [-0.4, -0.2) is 14.3 Å². The van der Waals surface area contributed by atoms with Gasteiger partial charge in [-0.15, -0.1) is 11.3 Å². The molecule has 2 aromatic rings. The fraction of sp³-hybridized carbons (Fsp3) is 0.154. The number of benzene rings is 1. The average molecular weight is 382 g/mol. The van der Waals surface area contributed by atoms with Crippen molar-refractivity contribution in [1.82, 2.24) is 4.72 Å². The SMILES string of the molecule is NCc1ccsc1C(=O)NS(=O)(=O)c1ccc(F)c(C(F)(F)F)c1. The van der Waals surface area contributed by atoms with Gasteiger partial charge in [-0.2, -0.15) is 13.2 Å². The molecule has 5 nitrogen and oxygen atoms in total. The van der Waals surface area contributed by atoms with Crippen molar-refractivity contribution in [1.29, 1.82) is 0 Å². The van der Waals surface area contributed by atoms with Crippen LogP contribution in [0.4, 0.5) is 17.6 Å².